The van der Waals surface area contributed by atoms with E-state index in [9.17, 15) is 4.79 Å². The minimum absolute atomic E-state index is 0.0874. The number of hydrogen-bond donors (Lipinski definition) is 1. The van der Waals surface area contributed by atoms with Crippen LogP contribution in [-0.4, -0.2) is 56.5 Å². The lowest BCUT2D eigenvalue weighted by Gasteiger charge is -2.40. The molecule has 0 aromatic carbocycles. The Labute approximate surface area is 142 Å². The first-order chi connectivity index (χ1) is 11.6. The maximum Gasteiger partial charge on any atom is 0.321 e. The first kappa shape index (κ1) is 16.4. The number of carbonyl (C=O) groups is 1. The fourth-order valence-electron chi connectivity index (χ4n) is 3.07. The topological polar surface area (TPSA) is 66.3 Å². The smallest absolute Gasteiger partial charge is 0.321 e. The second kappa shape index (κ2) is 7.00. The third-order valence-electron chi connectivity index (χ3n) is 4.50. The number of likely N-dealkylation sites (N-methyl/N-ethyl adjacent to an activating group) is 1. The Morgan fingerprint density at radius 2 is 2.17 bits per heavy atom. The molecule has 0 spiro atoms. The quantitative estimate of drug-likeness (QED) is 0.936. The zero-order valence-corrected chi connectivity index (χ0v) is 14.4. The van der Waals surface area contributed by atoms with E-state index in [4.69, 9.17) is 0 Å². The summed E-state index contributed by atoms with van der Waals surface area (Å²) in [6, 6.07) is 3.79. The molecule has 128 valence electrons. The van der Waals surface area contributed by atoms with Crippen LogP contribution in [0.25, 0.3) is 0 Å². The van der Waals surface area contributed by atoms with Crippen LogP contribution >= 0.6 is 0 Å². The highest BCUT2D eigenvalue weighted by Gasteiger charge is 2.31. The Bertz CT molecular complexity index is 695. The molecule has 2 amide bonds. The Balaban J connectivity index is 1.71. The second-order valence-electron chi connectivity index (χ2n) is 6.11. The summed E-state index contributed by atoms with van der Waals surface area (Å²) in [4.78, 5) is 25.5. The number of urea groups is 1. The number of anilines is 1. The van der Waals surface area contributed by atoms with Crippen molar-refractivity contribution in [2.24, 2.45) is 7.05 Å². The maximum atomic E-state index is 12.6. The first-order valence-electron chi connectivity index (χ1n) is 8.28. The van der Waals surface area contributed by atoms with Gasteiger partial charge in [-0.2, -0.15) is 0 Å². The van der Waals surface area contributed by atoms with Gasteiger partial charge in [-0.25, -0.2) is 9.78 Å². The van der Waals surface area contributed by atoms with Crippen LogP contribution in [0.4, 0.5) is 10.5 Å². The average molecular weight is 328 g/mol. The molecule has 1 aliphatic rings. The Morgan fingerprint density at radius 3 is 2.79 bits per heavy atom. The molecule has 2 aromatic heterocycles. The number of aryl methyl sites for hydroxylation is 2. The van der Waals surface area contributed by atoms with Crippen molar-refractivity contribution < 1.29 is 4.79 Å². The molecule has 0 saturated carbocycles. The van der Waals surface area contributed by atoms with E-state index >= 15 is 0 Å². The number of piperazine rings is 1. The Hall–Kier alpha value is -2.41. The molecule has 3 rings (SSSR count). The number of imidazole rings is 1. The Morgan fingerprint density at radius 1 is 1.33 bits per heavy atom. The highest BCUT2D eigenvalue weighted by molar-refractivity contribution is 5.89. The molecule has 24 heavy (non-hydrogen) atoms. The lowest BCUT2D eigenvalue weighted by Crippen LogP contribution is -2.52. The minimum atomic E-state index is -0.0874. The van der Waals surface area contributed by atoms with Crippen molar-refractivity contribution in [1.29, 1.82) is 0 Å². The van der Waals surface area contributed by atoms with Crippen molar-refractivity contribution in [1.82, 2.24) is 24.3 Å². The van der Waals surface area contributed by atoms with Gasteiger partial charge >= 0.3 is 6.03 Å². The van der Waals surface area contributed by atoms with Crippen LogP contribution in [0.5, 0.6) is 0 Å². The highest BCUT2D eigenvalue weighted by Crippen LogP contribution is 2.24. The third-order valence-corrected chi connectivity index (χ3v) is 4.50. The first-order valence-corrected chi connectivity index (χ1v) is 8.28. The summed E-state index contributed by atoms with van der Waals surface area (Å²) in [5.41, 5.74) is 1.65. The van der Waals surface area contributed by atoms with E-state index in [1.54, 1.807) is 12.4 Å². The zero-order valence-electron chi connectivity index (χ0n) is 14.4. The lowest BCUT2D eigenvalue weighted by atomic mass is 10.1. The number of nitrogens with one attached hydrogen (secondary N) is 1. The molecule has 1 fully saturated rings. The molecule has 0 radical (unpaired) electrons. The molecule has 1 N–H and O–H groups in total. The maximum absolute atomic E-state index is 12.6. The van der Waals surface area contributed by atoms with Crippen molar-refractivity contribution in [2.75, 3.05) is 31.5 Å². The minimum Gasteiger partial charge on any atom is -0.337 e. The molecule has 7 nitrogen and oxygen atoms in total. The van der Waals surface area contributed by atoms with Gasteiger partial charge in [-0.15, -0.1) is 0 Å². The molecule has 3 heterocycles. The number of nitrogens with zero attached hydrogens (tertiary/aromatic N) is 5. The molecule has 2 aromatic rings. The SMILES string of the molecule is CCN1CCN(C(=O)Nc2ccc(C)nc2)C[C@H]1c1nccn1C. The van der Waals surface area contributed by atoms with Crippen LogP contribution in [0, 0.1) is 6.92 Å². The van der Waals surface area contributed by atoms with E-state index in [-0.39, 0.29) is 12.1 Å². The number of carbonyl (C=O) groups excluding carboxylic acids is 1. The largest absolute Gasteiger partial charge is 0.337 e. The lowest BCUT2D eigenvalue weighted by molar-refractivity contribution is 0.0927. The highest BCUT2D eigenvalue weighted by atomic mass is 16.2. The van der Waals surface area contributed by atoms with Gasteiger partial charge in [0.05, 0.1) is 17.9 Å². The summed E-state index contributed by atoms with van der Waals surface area (Å²) in [5.74, 6) is 0.992. The van der Waals surface area contributed by atoms with Crippen molar-refractivity contribution in [3.8, 4) is 0 Å². The van der Waals surface area contributed by atoms with Crippen LogP contribution < -0.4 is 5.32 Å². The number of hydrogen-bond acceptors (Lipinski definition) is 4. The predicted octanol–water partition coefficient (Wildman–Crippen LogP) is 2.03. The van der Waals surface area contributed by atoms with Crippen molar-refractivity contribution in [3.05, 3.63) is 42.2 Å². The number of pyridine rings is 1. The number of amides is 2. The molecule has 1 atom stereocenters. The molecule has 1 aliphatic heterocycles. The monoisotopic (exact) mass is 328 g/mol. The van der Waals surface area contributed by atoms with Crippen molar-refractivity contribution >= 4 is 11.7 Å². The van der Waals surface area contributed by atoms with Gasteiger partial charge in [0.2, 0.25) is 0 Å². The molecular formula is C17H24N6O. The summed E-state index contributed by atoms with van der Waals surface area (Å²) < 4.78 is 2.03. The van der Waals surface area contributed by atoms with Crippen LogP contribution in [0.2, 0.25) is 0 Å². The van der Waals surface area contributed by atoms with Crippen LogP contribution in [0.3, 0.4) is 0 Å². The van der Waals surface area contributed by atoms with Gasteiger partial charge in [0.1, 0.15) is 5.82 Å². The average Bonchev–Trinajstić information content (AvgIpc) is 3.02. The van der Waals surface area contributed by atoms with Gasteiger partial charge in [-0.05, 0) is 25.6 Å². The van der Waals surface area contributed by atoms with Gasteiger partial charge in [0, 0.05) is 44.8 Å². The van der Waals surface area contributed by atoms with E-state index in [0.29, 0.717) is 13.1 Å². The van der Waals surface area contributed by atoms with Crippen LogP contribution in [0.15, 0.2) is 30.7 Å². The van der Waals surface area contributed by atoms with Crippen molar-refractivity contribution in [3.63, 3.8) is 0 Å². The third kappa shape index (κ3) is 3.41. The summed E-state index contributed by atoms with van der Waals surface area (Å²) >= 11 is 0. The van der Waals surface area contributed by atoms with Gasteiger partial charge in [-0.1, -0.05) is 6.92 Å². The van der Waals surface area contributed by atoms with Gasteiger partial charge in [-0.3, -0.25) is 9.88 Å². The molecule has 1 saturated heterocycles. The van der Waals surface area contributed by atoms with Gasteiger partial charge in [0.15, 0.2) is 0 Å². The van der Waals surface area contributed by atoms with Gasteiger partial charge < -0.3 is 14.8 Å². The zero-order chi connectivity index (χ0) is 17.1. The molecule has 0 bridgehead atoms. The molecule has 7 heteroatoms. The van der Waals surface area contributed by atoms with E-state index in [1.165, 1.54) is 0 Å². The number of rotatable bonds is 3. The fourth-order valence-corrected chi connectivity index (χ4v) is 3.07. The standard InChI is InChI=1S/C17H24N6O/c1-4-22-9-10-23(12-15(22)16-18-7-8-21(16)3)17(24)20-14-6-5-13(2)19-11-14/h5-8,11,15H,4,9-10,12H2,1-3H3,(H,20,24)/t15-/m0/s1. The molecule has 0 aliphatic carbocycles. The fraction of sp³-hybridized carbons (Fsp3) is 0.471. The predicted molar refractivity (Wildman–Crippen MR) is 92.8 cm³/mol. The van der Waals surface area contributed by atoms with E-state index in [1.807, 2.05) is 41.8 Å². The van der Waals surface area contributed by atoms with Crippen molar-refractivity contribution in [2.45, 2.75) is 19.9 Å². The number of aromatic nitrogens is 3. The normalized spacial score (nSPS) is 18.6. The second-order valence-corrected chi connectivity index (χ2v) is 6.11. The molecular weight excluding hydrogens is 304 g/mol. The molecule has 0 unspecified atom stereocenters. The van der Waals surface area contributed by atoms with Crippen LogP contribution in [0.1, 0.15) is 24.5 Å². The van der Waals surface area contributed by atoms with Gasteiger partial charge in [0.25, 0.3) is 0 Å². The van der Waals surface area contributed by atoms with Crippen LogP contribution in [-0.2, 0) is 7.05 Å². The Kier molecular flexibility index (Phi) is 4.80. The summed E-state index contributed by atoms with van der Waals surface area (Å²) in [6.45, 7) is 7.18. The van der Waals surface area contributed by atoms with E-state index in [2.05, 4.69) is 27.1 Å². The van der Waals surface area contributed by atoms with E-state index in [0.717, 1.165) is 30.3 Å². The summed E-state index contributed by atoms with van der Waals surface area (Å²) in [7, 11) is 1.99. The summed E-state index contributed by atoms with van der Waals surface area (Å²) in [5, 5.41) is 2.93. The summed E-state index contributed by atoms with van der Waals surface area (Å²) in [6.07, 6.45) is 5.44. The van der Waals surface area contributed by atoms with E-state index < -0.39 is 0 Å².